The Morgan fingerprint density at radius 2 is 2.00 bits per heavy atom. The van der Waals surface area contributed by atoms with Crippen LogP contribution in [0.2, 0.25) is 0 Å². The highest BCUT2D eigenvalue weighted by molar-refractivity contribution is 6.30. The van der Waals surface area contributed by atoms with Gasteiger partial charge >= 0.3 is 0 Å². The Balaban J connectivity index is 1.84. The summed E-state index contributed by atoms with van der Waals surface area (Å²) in [7, 11) is 0. The first-order chi connectivity index (χ1) is 11.8. The second kappa shape index (κ2) is 4.21. The summed E-state index contributed by atoms with van der Waals surface area (Å²) in [6.07, 6.45) is 2.65. The van der Waals surface area contributed by atoms with Gasteiger partial charge in [-0.3, -0.25) is 14.4 Å². The standard InChI is InChI=1S/C20H20N2O3/c1-9(23)20-17(24)16(22-18(20)25)11-8-21-13-6-4-5-10-7-12(19(20,2)3)15(11)14(10)13/h4-6,8,12,15-16,21H,7H2,1-3H3,(H,22,25)/t12-,15+,16-,20+/m0/s1. The van der Waals surface area contributed by atoms with Gasteiger partial charge in [-0.25, -0.2) is 0 Å². The predicted molar refractivity (Wildman–Crippen MR) is 91.9 cm³/mol. The number of benzene rings is 1. The number of rotatable bonds is 1. The second-order valence-electron chi connectivity index (χ2n) is 8.25. The minimum atomic E-state index is -1.59. The van der Waals surface area contributed by atoms with E-state index >= 15 is 0 Å². The zero-order valence-corrected chi connectivity index (χ0v) is 14.5. The van der Waals surface area contributed by atoms with E-state index in [2.05, 4.69) is 16.7 Å². The van der Waals surface area contributed by atoms with E-state index in [0.29, 0.717) is 0 Å². The maximum atomic E-state index is 13.4. The first-order valence-corrected chi connectivity index (χ1v) is 8.76. The molecule has 1 amide bonds. The molecule has 2 aliphatic carbocycles. The van der Waals surface area contributed by atoms with Crippen molar-refractivity contribution < 1.29 is 14.4 Å². The number of carbonyl (C=O) groups is 3. The summed E-state index contributed by atoms with van der Waals surface area (Å²) in [5, 5.41) is 6.13. The molecule has 25 heavy (non-hydrogen) atoms. The molecule has 2 fully saturated rings. The minimum Gasteiger partial charge on any atom is -0.361 e. The lowest BCUT2D eigenvalue weighted by molar-refractivity contribution is -0.155. The third-order valence-corrected chi connectivity index (χ3v) is 7.11. The molecule has 2 bridgehead atoms. The van der Waals surface area contributed by atoms with Crippen molar-refractivity contribution in [2.75, 3.05) is 5.32 Å². The highest BCUT2D eigenvalue weighted by Gasteiger charge is 2.72. The van der Waals surface area contributed by atoms with Gasteiger partial charge in [-0.15, -0.1) is 0 Å². The van der Waals surface area contributed by atoms with Crippen LogP contribution < -0.4 is 10.6 Å². The summed E-state index contributed by atoms with van der Waals surface area (Å²) in [6.45, 7) is 5.24. The Kier molecular flexibility index (Phi) is 2.50. The topological polar surface area (TPSA) is 75.3 Å². The molecule has 5 heteroatoms. The molecule has 0 radical (unpaired) electrons. The number of carbonyl (C=O) groups excluding carboxylic acids is 3. The van der Waals surface area contributed by atoms with Crippen LogP contribution in [0.25, 0.3) is 0 Å². The van der Waals surface area contributed by atoms with Crippen molar-refractivity contribution in [1.29, 1.82) is 0 Å². The third kappa shape index (κ3) is 1.37. The largest absolute Gasteiger partial charge is 0.361 e. The van der Waals surface area contributed by atoms with E-state index in [4.69, 9.17) is 0 Å². The molecule has 4 aliphatic rings. The number of fused-ring (bicyclic) bond motifs is 3. The number of Topliss-reactive ketones (excluding diaryl/α,β-unsaturated/α-hetero) is 2. The van der Waals surface area contributed by atoms with Gasteiger partial charge in [-0.2, -0.15) is 0 Å². The van der Waals surface area contributed by atoms with Gasteiger partial charge in [0.05, 0.1) is 0 Å². The van der Waals surface area contributed by atoms with E-state index in [1.54, 1.807) is 0 Å². The van der Waals surface area contributed by atoms with Crippen molar-refractivity contribution in [2.45, 2.75) is 39.2 Å². The van der Waals surface area contributed by atoms with Gasteiger partial charge in [0.15, 0.2) is 17.0 Å². The lowest BCUT2D eigenvalue weighted by Gasteiger charge is -2.45. The first kappa shape index (κ1) is 14.9. The molecule has 128 valence electrons. The molecule has 4 atom stereocenters. The zero-order chi connectivity index (χ0) is 17.7. The Bertz CT molecular complexity index is 914. The van der Waals surface area contributed by atoms with Crippen LogP contribution in [0, 0.1) is 16.7 Å². The fraction of sp³-hybridized carbons (Fsp3) is 0.450. The summed E-state index contributed by atoms with van der Waals surface area (Å²) in [4.78, 5) is 39.0. The van der Waals surface area contributed by atoms with Gasteiger partial charge < -0.3 is 10.6 Å². The van der Waals surface area contributed by atoms with Crippen molar-refractivity contribution in [3.05, 3.63) is 41.1 Å². The smallest absolute Gasteiger partial charge is 0.242 e. The average molecular weight is 336 g/mol. The van der Waals surface area contributed by atoms with E-state index in [1.807, 2.05) is 32.2 Å². The Labute approximate surface area is 145 Å². The van der Waals surface area contributed by atoms with E-state index in [1.165, 1.54) is 18.1 Å². The lowest BCUT2D eigenvalue weighted by atomic mass is 9.55. The van der Waals surface area contributed by atoms with Crippen molar-refractivity contribution >= 4 is 23.2 Å². The number of amides is 1. The van der Waals surface area contributed by atoms with Crippen LogP contribution in [0.5, 0.6) is 0 Å². The van der Waals surface area contributed by atoms with Gasteiger partial charge in [-0.05, 0) is 47.4 Å². The Morgan fingerprint density at radius 3 is 2.72 bits per heavy atom. The monoisotopic (exact) mass is 336 g/mol. The van der Waals surface area contributed by atoms with Crippen LogP contribution in [-0.4, -0.2) is 23.5 Å². The number of anilines is 1. The van der Waals surface area contributed by atoms with Crippen LogP contribution in [0.4, 0.5) is 5.69 Å². The maximum absolute atomic E-state index is 13.4. The average Bonchev–Trinajstić information content (AvgIpc) is 3.05. The molecule has 0 unspecified atom stereocenters. The van der Waals surface area contributed by atoms with E-state index in [0.717, 1.165) is 17.7 Å². The van der Waals surface area contributed by atoms with Crippen molar-refractivity contribution in [3.8, 4) is 0 Å². The summed E-state index contributed by atoms with van der Waals surface area (Å²) in [5.74, 6) is -0.940. The predicted octanol–water partition coefficient (Wildman–Crippen LogP) is 1.93. The molecule has 2 N–H and O–H groups in total. The quantitative estimate of drug-likeness (QED) is 0.769. The zero-order valence-electron chi connectivity index (χ0n) is 14.5. The van der Waals surface area contributed by atoms with Crippen LogP contribution in [0.1, 0.15) is 37.8 Å². The first-order valence-electron chi connectivity index (χ1n) is 8.76. The van der Waals surface area contributed by atoms with E-state index < -0.39 is 22.8 Å². The SMILES string of the molecule is CC(=O)[C@]12C(=O)N[C@H](C1=O)C1=CNc3cccc4c3[C@H]1[C@H](C4)C2(C)C. The van der Waals surface area contributed by atoms with Crippen molar-refractivity contribution in [2.24, 2.45) is 16.7 Å². The van der Waals surface area contributed by atoms with Gasteiger partial charge in [0.2, 0.25) is 5.91 Å². The minimum absolute atomic E-state index is 0.0425. The summed E-state index contributed by atoms with van der Waals surface area (Å²) in [6, 6.07) is 5.49. The molecule has 5 nitrogen and oxygen atoms in total. The number of hydrogen-bond acceptors (Lipinski definition) is 4. The molecular formula is C20H20N2O3. The summed E-state index contributed by atoms with van der Waals surface area (Å²) < 4.78 is 0. The van der Waals surface area contributed by atoms with E-state index in [-0.39, 0.29) is 23.4 Å². The molecule has 1 aromatic rings. The van der Waals surface area contributed by atoms with Crippen LogP contribution in [0.3, 0.4) is 0 Å². The van der Waals surface area contributed by atoms with Crippen LogP contribution in [-0.2, 0) is 20.8 Å². The normalized spacial score (nSPS) is 36.1. The lowest BCUT2D eigenvalue weighted by Crippen LogP contribution is -2.56. The fourth-order valence-electron chi connectivity index (χ4n) is 5.97. The third-order valence-electron chi connectivity index (χ3n) is 7.11. The highest BCUT2D eigenvalue weighted by atomic mass is 16.2. The molecule has 0 spiro atoms. The Morgan fingerprint density at radius 1 is 1.24 bits per heavy atom. The molecule has 2 heterocycles. The van der Waals surface area contributed by atoms with Crippen molar-refractivity contribution in [3.63, 3.8) is 0 Å². The summed E-state index contributed by atoms with van der Waals surface area (Å²) >= 11 is 0. The van der Waals surface area contributed by atoms with Crippen LogP contribution in [0.15, 0.2) is 30.0 Å². The fourth-order valence-corrected chi connectivity index (χ4v) is 5.97. The molecule has 5 rings (SSSR count). The molecule has 0 aromatic heterocycles. The highest BCUT2D eigenvalue weighted by Crippen LogP contribution is 2.64. The number of hydrogen-bond donors (Lipinski definition) is 2. The van der Waals surface area contributed by atoms with Gasteiger partial charge in [0.25, 0.3) is 0 Å². The number of ketones is 2. The molecule has 1 aromatic carbocycles. The van der Waals surface area contributed by atoms with Gasteiger partial charge in [-0.1, -0.05) is 26.0 Å². The Hall–Kier alpha value is -2.43. The second-order valence-corrected chi connectivity index (χ2v) is 8.25. The van der Waals surface area contributed by atoms with E-state index in [9.17, 15) is 14.4 Å². The molecule has 1 saturated heterocycles. The van der Waals surface area contributed by atoms with Gasteiger partial charge in [0.1, 0.15) is 6.04 Å². The number of nitrogens with one attached hydrogen (secondary N) is 2. The van der Waals surface area contributed by atoms with Crippen molar-refractivity contribution in [1.82, 2.24) is 5.32 Å². The molecular weight excluding hydrogens is 316 g/mol. The molecule has 2 aliphatic heterocycles. The van der Waals surface area contributed by atoms with Crippen LogP contribution >= 0.6 is 0 Å². The summed E-state index contributed by atoms with van der Waals surface area (Å²) in [5.41, 5.74) is 2.09. The molecule has 1 saturated carbocycles. The maximum Gasteiger partial charge on any atom is 0.242 e. The van der Waals surface area contributed by atoms with Gasteiger partial charge in [0, 0.05) is 17.8 Å².